The predicted molar refractivity (Wildman–Crippen MR) is 113 cm³/mol. The number of likely N-dealkylation sites (tertiary alicyclic amines) is 2. The molecule has 10 heteroatoms. The van der Waals surface area contributed by atoms with E-state index in [2.05, 4.69) is 37.0 Å². The van der Waals surface area contributed by atoms with Gasteiger partial charge in [-0.25, -0.2) is 0 Å². The predicted octanol–water partition coefficient (Wildman–Crippen LogP) is 1.36. The van der Waals surface area contributed by atoms with E-state index in [9.17, 15) is 9.59 Å². The number of carbonyl (C=O) groups excluding carboxylic acids is 2. The lowest BCUT2D eigenvalue weighted by Crippen LogP contribution is -2.50. The Bertz CT molecular complexity index is 986. The van der Waals surface area contributed by atoms with Gasteiger partial charge in [0.2, 0.25) is 11.8 Å². The maximum Gasteiger partial charge on any atom is 0.246 e. The Morgan fingerprint density at radius 3 is 2.97 bits per heavy atom. The molecule has 2 aromatic rings. The third kappa shape index (κ3) is 3.45. The molecule has 5 heterocycles. The van der Waals surface area contributed by atoms with Gasteiger partial charge in [-0.2, -0.15) is 5.21 Å². The molecule has 1 spiro atoms. The molecular weight excluding hydrogens is 414 g/mol. The van der Waals surface area contributed by atoms with Crippen molar-refractivity contribution >= 4 is 23.2 Å². The average molecular weight is 442 g/mol. The zero-order valence-electron chi connectivity index (χ0n) is 17.5. The number of hydrogen-bond donors (Lipinski definition) is 1. The van der Waals surface area contributed by atoms with Gasteiger partial charge in [0.1, 0.15) is 6.04 Å². The fourth-order valence-electron chi connectivity index (χ4n) is 5.60. The van der Waals surface area contributed by atoms with Gasteiger partial charge in [0.05, 0.1) is 12.6 Å². The number of aromatic amines is 1. The number of carbonyl (C=O) groups is 2. The van der Waals surface area contributed by atoms with Gasteiger partial charge in [0.15, 0.2) is 5.82 Å². The van der Waals surface area contributed by atoms with E-state index < -0.39 is 0 Å². The molecule has 31 heavy (non-hydrogen) atoms. The standard InChI is InChI=1S/C21H27N7O2S/c29-18(12-26-8-3-17-14(11-26)4-9-31-17)28-13-21(5-6-21)10-16(28)20(30)27-7-1-2-15(27)19-22-24-25-23-19/h4,9,15-16H,1-3,5-8,10-13H2,(H,22,23,24,25)/t15-,16+/m0/s1. The molecule has 1 aliphatic carbocycles. The summed E-state index contributed by atoms with van der Waals surface area (Å²) in [7, 11) is 0. The van der Waals surface area contributed by atoms with Crippen LogP contribution in [0, 0.1) is 5.41 Å². The first kappa shape index (κ1) is 19.4. The van der Waals surface area contributed by atoms with E-state index in [1.54, 1.807) is 0 Å². The first-order valence-electron chi connectivity index (χ1n) is 11.2. The van der Waals surface area contributed by atoms with Crippen molar-refractivity contribution in [2.24, 2.45) is 5.41 Å². The van der Waals surface area contributed by atoms with Crippen molar-refractivity contribution < 1.29 is 9.59 Å². The minimum absolute atomic E-state index is 0.0585. The molecule has 2 amide bonds. The van der Waals surface area contributed by atoms with E-state index >= 15 is 0 Å². The number of thiophene rings is 1. The Morgan fingerprint density at radius 1 is 1.26 bits per heavy atom. The summed E-state index contributed by atoms with van der Waals surface area (Å²) >= 11 is 1.81. The van der Waals surface area contributed by atoms with Gasteiger partial charge in [-0.15, -0.1) is 21.5 Å². The third-order valence-electron chi connectivity index (χ3n) is 7.51. The van der Waals surface area contributed by atoms with E-state index in [0.29, 0.717) is 18.9 Å². The maximum atomic E-state index is 13.6. The largest absolute Gasteiger partial charge is 0.330 e. The number of amides is 2. The van der Waals surface area contributed by atoms with Gasteiger partial charge in [-0.05, 0) is 60.9 Å². The molecule has 2 atom stereocenters. The molecule has 0 radical (unpaired) electrons. The first-order valence-corrected chi connectivity index (χ1v) is 12.1. The number of tetrazole rings is 1. The van der Waals surface area contributed by atoms with Gasteiger partial charge >= 0.3 is 0 Å². The highest BCUT2D eigenvalue weighted by Gasteiger charge is 2.56. The van der Waals surface area contributed by atoms with E-state index in [1.807, 2.05) is 21.1 Å². The number of nitrogens with one attached hydrogen (secondary N) is 1. The van der Waals surface area contributed by atoms with Crippen molar-refractivity contribution in [3.8, 4) is 0 Å². The number of H-pyrrole nitrogens is 1. The summed E-state index contributed by atoms with van der Waals surface area (Å²) in [4.78, 5) is 34.5. The molecule has 2 saturated heterocycles. The SMILES string of the molecule is O=C(CN1CCc2sccc2C1)N1CC2(CC2)C[C@@H]1C(=O)N1CCC[C@H]1c1nn[nH]n1. The van der Waals surface area contributed by atoms with Crippen molar-refractivity contribution in [1.82, 2.24) is 35.3 Å². The van der Waals surface area contributed by atoms with E-state index in [0.717, 1.165) is 58.2 Å². The summed E-state index contributed by atoms with van der Waals surface area (Å²) in [5, 5.41) is 16.5. The normalized spacial score (nSPS) is 27.1. The monoisotopic (exact) mass is 441 g/mol. The molecule has 3 aliphatic heterocycles. The maximum absolute atomic E-state index is 13.6. The summed E-state index contributed by atoms with van der Waals surface area (Å²) in [5.74, 6) is 0.724. The zero-order valence-corrected chi connectivity index (χ0v) is 18.3. The smallest absolute Gasteiger partial charge is 0.246 e. The molecule has 0 bridgehead atoms. The minimum Gasteiger partial charge on any atom is -0.330 e. The van der Waals surface area contributed by atoms with Gasteiger partial charge in [-0.1, -0.05) is 5.21 Å². The molecule has 1 saturated carbocycles. The molecule has 3 fully saturated rings. The van der Waals surface area contributed by atoms with Crippen LogP contribution in [-0.2, 0) is 22.6 Å². The van der Waals surface area contributed by atoms with Crippen LogP contribution in [-0.4, -0.2) is 79.4 Å². The molecule has 164 valence electrons. The van der Waals surface area contributed by atoms with Crippen LogP contribution in [0.1, 0.15) is 54.4 Å². The molecule has 4 aliphatic rings. The Morgan fingerprint density at radius 2 is 2.16 bits per heavy atom. The second-order valence-corrected chi connectivity index (χ2v) is 10.5. The lowest BCUT2D eigenvalue weighted by molar-refractivity contribution is -0.145. The van der Waals surface area contributed by atoms with Gasteiger partial charge < -0.3 is 9.80 Å². The van der Waals surface area contributed by atoms with Crippen LogP contribution < -0.4 is 0 Å². The zero-order chi connectivity index (χ0) is 21.0. The van der Waals surface area contributed by atoms with Crippen LogP contribution in [0.4, 0.5) is 0 Å². The first-order chi connectivity index (χ1) is 15.1. The fourth-order valence-corrected chi connectivity index (χ4v) is 6.49. The van der Waals surface area contributed by atoms with Gasteiger partial charge in [0, 0.05) is 31.1 Å². The topological polar surface area (TPSA) is 98.3 Å². The van der Waals surface area contributed by atoms with E-state index in [1.165, 1.54) is 10.4 Å². The average Bonchev–Trinajstić information content (AvgIpc) is 3.31. The van der Waals surface area contributed by atoms with Crippen molar-refractivity contribution in [1.29, 1.82) is 0 Å². The number of rotatable bonds is 4. The molecule has 1 N–H and O–H groups in total. The lowest BCUT2D eigenvalue weighted by Gasteiger charge is -2.32. The van der Waals surface area contributed by atoms with Gasteiger partial charge in [0.25, 0.3) is 0 Å². The highest BCUT2D eigenvalue weighted by Crippen LogP contribution is 2.55. The molecule has 6 rings (SSSR count). The number of aromatic nitrogens is 4. The molecule has 9 nitrogen and oxygen atoms in total. The third-order valence-corrected chi connectivity index (χ3v) is 8.54. The summed E-state index contributed by atoms with van der Waals surface area (Å²) in [6.45, 7) is 3.54. The number of nitrogens with zero attached hydrogens (tertiary/aromatic N) is 6. The van der Waals surface area contributed by atoms with Crippen LogP contribution in [0.3, 0.4) is 0 Å². The highest BCUT2D eigenvalue weighted by atomic mass is 32.1. The Labute approximate surface area is 184 Å². The van der Waals surface area contributed by atoms with Crippen LogP contribution in [0.25, 0.3) is 0 Å². The van der Waals surface area contributed by atoms with Crippen molar-refractivity contribution in [2.75, 3.05) is 26.2 Å². The summed E-state index contributed by atoms with van der Waals surface area (Å²) in [6.07, 6.45) is 5.81. The van der Waals surface area contributed by atoms with Gasteiger partial charge in [-0.3, -0.25) is 14.5 Å². The Hall–Kier alpha value is -2.33. The van der Waals surface area contributed by atoms with Crippen molar-refractivity contribution in [3.05, 3.63) is 27.7 Å². The fraction of sp³-hybridized carbons (Fsp3) is 0.667. The molecular formula is C21H27N7O2S. The highest BCUT2D eigenvalue weighted by molar-refractivity contribution is 7.10. The number of hydrogen-bond acceptors (Lipinski definition) is 7. The summed E-state index contributed by atoms with van der Waals surface area (Å²) < 4.78 is 0. The quantitative estimate of drug-likeness (QED) is 0.769. The van der Waals surface area contributed by atoms with Crippen molar-refractivity contribution in [3.63, 3.8) is 0 Å². The Kier molecular flexibility index (Phi) is 4.60. The van der Waals surface area contributed by atoms with Crippen LogP contribution >= 0.6 is 11.3 Å². The van der Waals surface area contributed by atoms with Crippen molar-refractivity contribution in [2.45, 2.75) is 57.2 Å². The summed E-state index contributed by atoms with van der Waals surface area (Å²) in [6, 6.07) is 1.67. The molecule has 0 aromatic carbocycles. The second-order valence-electron chi connectivity index (χ2n) is 9.53. The Balaban J connectivity index is 1.18. The van der Waals surface area contributed by atoms with E-state index in [-0.39, 0.29) is 29.3 Å². The van der Waals surface area contributed by atoms with Crippen LogP contribution in [0.15, 0.2) is 11.4 Å². The van der Waals surface area contributed by atoms with E-state index in [4.69, 9.17) is 0 Å². The second kappa shape index (κ2) is 7.37. The molecule has 0 unspecified atom stereocenters. The number of fused-ring (bicyclic) bond motifs is 1. The minimum atomic E-state index is -0.357. The van der Waals surface area contributed by atoms with Crippen LogP contribution in [0.2, 0.25) is 0 Å². The lowest BCUT2D eigenvalue weighted by atomic mass is 10.0. The van der Waals surface area contributed by atoms with Crippen LogP contribution in [0.5, 0.6) is 0 Å². The summed E-state index contributed by atoms with van der Waals surface area (Å²) in [5.41, 5.74) is 1.51. The molecule has 2 aromatic heterocycles.